The first-order chi connectivity index (χ1) is 11.5. The van der Waals surface area contributed by atoms with Gasteiger partial charge in [-0.05, 0) is 20.3 Å². The fourth-order valence-electron chi connectivity index (χ4n) is 3.38. The van der Waals surface area contributed by atoms with E-state index in [2.05, 4.69) is 82.3 Å². The molecule has 3 aromatic rings. The van der Waals surface area contributed by atoms with Crippen LogP contribution in [-0.2, 0) is 24.2 Å². The summed E-state index contributed by atoms with van der Waals surface area (Å²) in [5.41, 5.74) is 5.70. The van der Waals surface area contributed by atoms with E-state index in [0.29, 0.717) is 0 Å². The molecule has 0 nitrogen and oxygen atoms in total. The van der Waals surface area contributed by atoms with Crippen LogP contribution in [0.2, 0.25) is 0 Å². The third-order valence-electron chi connectivity index (χ3n) is 4.53. The molecule has 0 aromatic heterocycles. The Bertz CT molecular complexity index is 986. The van der Waals surface area contributed by atoms with Gasteiger partial charge in [0.1, 0.15) is 0 Å². The van der Waals surface area contributed by atoms with E-state index < -0.39 is 0 Å². The van der Waals surface area contributed by atoms with Gasteiger partial charge in [0.05, 0.1) is 0 Å². The molecule has 0 radical (unpaired) electrons. The molecule has 1 aliphatic rings. The van der Waals surface area contributed by atoms with E-state index in [0.717, 1.165) is 6.42 Å². The van der Waals surface area contributed by atoms with Gasteiger partial charge >= 0.3 is 41.3 Å². The number of rotatable bonds is 1. The Balaban J connectivity index is 0.000000516. The van der Waals surface area contributed by atoms with Crippen LogP contribution in [0.15, 0.2) is 54.6 Å². The fourth-order valence-corrected chi connectivity index (χ4v) is 3.38. The summed E-state index contributed by atoms with van der Waals surface area (Å²) < 4.78 is 1.51. The summed E-state index contributed by atoms with van der Waals surface area (Å²) >= 11 is 1.55. The van der Waals surface area contributed by atoms with E-state index in [9.17, 15) is 0 Å². The minimum Gasteiger partial charge on any atom is -1.00 e. The van der Waals surface area contributed by atoms with Crippen molar-refractivity contribution in [1.82, 2.24) is 0 Å². The van der Waals surface area contributed by atoms with E-state index in [1.54, 1.807) is 24.2 Å². The minimum absolute atomic E-state index is 0. The number of aryl methyl sites for hydroxylation is 1. The van der Waals surface area contributed by atoms with Crippen molar-refractivity contribution < 1.29 is 49.0 Å². The minimum atomic E-state index is 0. The molecule has 26 heavy (non-hydrogen) atoms. The zero-order valence-corrected chi connectivity index (χ0v) is 19.6. The van der Waals surface area contributed by atoms with Gasteiger partial charge in [-0.25, -0.2) is 0 Å². The van der Waals surface area contributed by atoms with Crippen molar-refractivity contribution in [2.75, 3.05) is 0 Å². The Hall–Kier alpha value is -0.877. The predicted octanol–water partition coefficient (Wildman–Crippen LogP) is 0.425. The molecule has 0 unspecified atom stereocenters. The van der Waals surface area contributed by atoms with Crippen LogP contribution in [0, 0.1) is 13.8 Å². The van der Waals surface area contributed by atoms with Crippen molar-refractivity contribution in [3.05, 3.63) is 71.3 Å². The monoisotopic (exact) mass is 459 g/mol. The molecule has 0 bridgehead atoms. The molecule has 3 heteroatoms. The summed E-state index contributed by atoms with van der Waals surface area (Å²) in [7, 11) is 0. The molecule has 0 heterocycles. The fraction of sp³-hybridized carbons (Fsp3) is 0.217. The third-order valence-corrected chi connectivity index (χ3v) is 4.53. The molecule has 4 rings (SSSR count). The molecule has 1 aliphatic carbocycles. The van der Waals surface area contributed by atoms with E-state index in [4.69, 9.17) is 0 Å². The van der Waals surface area contributed by atoms with Crippen molar-refractivity contribution in [2.24, 2.45) is 0 Å². The van der Waals surface area contributed by atoms with Crippen molar-refractivity contribution in [3.8, 4) is 0 Å². The van der Waals surface area contributed by atoms with Crippen LogP contribution in [-0.4, -0.2) is 3.21 Å². The Morgan fingerprint density at radius 1 is 1.04 bits per heavy atom. The second-order valence-electron chi connectivity index (χ2n) is 6.71. The van der Waals surface area contributed by atoms with Crippen LogP contribution in [0.5, 0.6) is 0 Å². The molecule has 0 fully saturated rings. The molecular weight excluding hydrogens is 438 g/mol. The van der Waals surface area contributed by atoms with Gasteiger partial charge in [0.2, 0.25) is 0 Å². The van der Waals surface area contributed by atoms with Crippen molar-refractivity contribution in [1.29, 1.82) is 0 Å². The average Bonchev–Trinajstić information content (AvgIpc) is 3.16. The molecule has 0 saturated carbocycles. The first-order valence-electron chi connectivity index (χ1n) is 8.45. The van der Waals surface area contributed by atoms with Crippen molar-refractivity contribution >= 4 is 30.3 Å². The van der Waals surface area contributed by atoms with Crippen LogP contribution in [0.1, 0.15) is 37.0 Å². The largest absolute Gasteiger partial charge is 1.00 e. The first-order valence-corrected chi connectivity index (χ1v) is 9.68. The van der Waals surface area contributed by atoms with Crippen LogP contribution >= 0.6 is 0 Å². The van der Waals surface area contributed by atoms with Gasteiger partial charge < -0.3 is 24.8 Å². The molecule has 0 aliphatic heterocycles. The molecule has 0 atom stereocenters. The van der Waals surface area contributed by atoms with E-state index in [1.165, 1.54) is 47.0 Å². The standard InChI is InChI=1S/C20H17.C3H6.2ClH.Zr/c1-13-11-18-17-10-6-5-9-16(17)12-19(18)20(14(13)2)15-7-3-4-8-15;1-3-2;;;/h3-7,9-12H,8H2,1-2H3;1-2H3;2*1H;/q-1;;;;+2/p-2. The van der Waals surface area contributed by atoms with Crippen LogP contribution in [0.25, 0.3) is 27.1 Å². The second-order valence-corrected chi connectivity index (χ2v) is 9.17. The van der Waals surface area contributed by atoms with Crippen LogP contribution < -0.4 is 24.8 Å². The number of allylic oxidation sites excluding steroid dienone is 4. The number of hydrogen-bond acceptors (Lipinski definition) is 0. The summed E-state index contributed by atoms with van der Waals surface area (Å²) in [5, 5.41) is 5.52. The van der Waals surface area contributed by atoms with E-state index in [1.807, 2.05) is 0 Å². The Morgan fingerprint density at radius 3 is 2.31 bits per heavy atom. The maximum atomic E-state index is 2.35. The molecule has 0 N–H and O–H groups in total. The average molecular weight is 462 g/mol. The summed E-state index contributed by atoms with van der Waals surface area (Å²) in [6, 6.07) is 13.4. The van der Waals surface area contributed by atoms with Crippen molar-refractivity contribution in [3.63, 3.8) is 0 Å². The maximum absolute atomic E-state index is 2.35. The van der Waals surface area contributed by atoms with E-state index in [-0.39, 0.29) is 24.8 Å². The molecular formula is C23H23Cl2Zr-. The first kappa shape index (κ1) is 23.2. The van der Waals surface area contributed by atoms with Crippen LogP contribution in [0.4, 0.5) is 0 Å². The second kappa shape index (κ2) is 9.88. The molecule has 3 aromatic carbocycles. The topological polar surface area (TPSA) is 0 Å². The Labute approximate surface area is 183 Å². The summed E-state index contributed by atoms with van der Waals surface area (Å²) in [5.74, 6) is 0. The summed E-state index contributed by atoms with van der Waals surface area (Å²) in [6.45, 7) is 8.72. The molecule has 0 saturated heterocycles. The molecule has 0 amide bonds. The number of hydrogen-bond donors (Lipinski definition) is 0. The molecule has 134 valence electrons. The molecule has 0 spiro atoms. The van der Waals surface area contributed by atoms with Gasteiger partial charge in [0.15, 0.2) is 0 Å². The maximum Gasteiger partial charge on any atom is -0.0159 e. The number of halogens is 2. The van der Waals surface area contributed by atoms with Gasteiger partial charge in [-0.15, -0.1) is 33.7 Å². The summed E-state index contributed by atoms with van der Waals surface area (Å²) in [6.07, 6.45) is 7.73. The zero-order chi connectivity index (χ0) is 17.3. The van der Waals surface area contributed by atoms with E-state index >= 15 is 0 Å². The normalized spacial score (nSPS) is 12.2. The quantitative estimate of drug-likeness (QED) is 0.461. The Kier molecular flexibility index (Phi) is 8.81. The number of fused-ring (bicyclic) bond motifs is 3. The van der Waals surface area contributed by atoms with Gasteiger partial charge in [-0.2, -0.15) is 0 Å². The SMILES string of the molecule is C[C](C)=[Zr+2].Cc1cc2c([cH-]c3ccccc32)c(C2=CC=CC2)c1C.[Cl-].[Cl-]. The third kappa shape index (κ3) is 4.69. The smallest absolute Gasteiger partial charge is 0.0159 e. The van der Waals surface area contributed by atoms with Gasteiger partial charge in [0.25, 0.3) is 0 Å². The van der Waals surface area contributed by atoms with Gasteiger partial charge in [0, 0.05) is 0 Å². The number of benzene rings is 2. The Morgan fingerprint density at radius 2 is 1.69 bits per heavy atom. The zero-order valence-electron chi connectivity index (χ0n) is 15.7. The van der Waals surface area contributed by atoms with Gasteiger partial charge in [-0.3, -0.25) is 0 Å². The van der Waals surface area contributed by atoms with Gasteiger partial charge in [-0.1, -0.05) is 64.8 Å². The van der Waals surface area contributed by atoms with Crippen molar-refractivity contribution in [2.45, 2.75) is 34.1 Å². The predicted molar refractivity (Wildman–Crippen MR) is 105 cm³/mol. The summed E-state index contributed by atoms with van der Waals surface area (Å²) in [4.78, 5) is 0. The van der Waals surface area contributed by atoms with Crippen LogP contribution in [0.3, 0.4) is 0 Å².